The Morgan fingerprint density at radius 3 is 2.64 bits per heavy atom. The number of amides is 1. The Bertz CT molecular complexity index is 1810. The minimum absolute atomic E-state index is 0.0608. The molecule has 0 spiro atoms. The number of hydrogen-bond acceptors (Lipinski definition) is 8. The van der Waals surface area contributed by atoms with Gasteiger partial charge in [-0.1, -0.05) is 23.7 Å². The lowest BCUT2D eigenvalue weighted by molar-refractivity contribution is -0.257. The molecule has 44 heavy (non-hydrogen) atoms. The highest BCUT2D eigenvalue weighted by Gasteiger charge is 2.52. The number of cyclic esters (lactones) is 1. The zero-order valence-electron chi connectivity index (χ0n) is 24.1. The van der Waals surface area contributed by atoms with Gasteiger partial charge in [-0.05, 0) is 56.5 Å². The second-order valence-corrected chi connectivity index (χ2v) is 12.8. The Kier molecular flexibility index (Phi) is 7.61. The number of nitrogens with zero attached hydrogens (tertiary/aromatic N) is 5. The summed E-state index contributed by atoms with van der Waals surface area (Å²) in [5.74, 6) is 0.461. The Labute approximate surface area is 259 Å². The molecule has 0 radical (unpaired) electrons. The minimum Gasteiger partial charge on any atom is -0.447 e. The molecule has 0 unspecified atom stereocenters. The number of aromatic nitrogens is 3. The number of anilines is 1. The van der Waals surface area contributed by atoms with Crippen LogP contribution < -0.4 is 10.5 Å². The fraction of sp³-hybridized carbons (Fsp3) is 0.400. The predicted molar refractivity (Wildman–Crippen MR) is 161 cm³/mol. The Balaban J connectivity index is 1.47. The van der Waals surface area contributed by atoms with Crippen molar-refractivity contribution in [2.24, 2.45) is 0 Å². The van der Waals surface area contributed by atoms with E-state index in [0.29, 0.717) is 59.3 Å². The van der Waals surface area contributed by atoms with E-state index in [4.69, 9.17) is 21.3 Å². The first-order valence-electron chi connectivity index (χ1n) is 14.0. The molecule has 4 aromatic rings. The number of carbonyl (C=O) groups is 1. The van der Waals surface area contributed by atoms with E-state index in [0.717, 1.165) is 23.1 Å². The van der Waals surface area contributed by atoms with Gasteiger partial charge in [0.1, 0.15) is 17.4 Å². The number of aryl methyl sites for hydroxylation is 1. The lowest BCUT2D eigenvalue weighted by Crippen LogP contribution is -2.48. The molecular weight excluding hydrogens is 619 g/mol. The van der Waals surface area contributed by atoms with Crippen LogP contribution in [0, 0.1) is 6.92 Å². The molecule has 2 aromatic heterocycles. The number of aliphatic hydroxyl groups is 1. The lowest BCUT2D eigenvalue weighted by atomic mass is 9.96. The first kappa shape index (κ1) is 30.4. The van der Waals surface area contributed by atoms with E-state index in [1.165, 1.54) is 0 Å². The van der Waals surface area contributed by atoms with Crippen LogP contribution >= 0.6 is 22.9 Å². The highest BCUT2D eigenvalue weighted by Crippen LogP contribution is 2.44. The van der Waals surface area contributed by atoms with Crippen LogP contribution in [0.3, 0.4) is 0 Å². The van der Waals surface area contributed by atoms with Gasteiger partial charge in [-0.15, -0.1) is 11.3 Å². The van der Waals surface area contributed by atoms with Crippen molar-refractivity contribution >= 4 is 45.6 Å². The molecular formula is C30H29ClF3N5O4S. The third kappa shape index (κ3) is 5.30. The van der Waals surface area contributed by atoms with Crippen LogP contribution in [0.4, 0.5) is 23.7 Å². The molecule has 1 amide bonds. The molecule has 3 atom stereocenters. The molecule has 1 N–H and O–H groups in total. The average molecular weight is 648 g/mol. The van der Waals surface area contributed by atoms with Crippen molar-refractivity contribution in [1.29, 1.82) is 0 Å². The number of benzene rings is 2. The summed E-state index contributed by atoms with van der Waals surface area (Å²) in [5, 5.41) is 11.5. The quantitative estimate of drug-likeness (QED) is 0.286. The standard InChI is InChI=1S/C30H29ClF3N5O4S/c1-16-36-23-11-22(26-35-13-25(44-26)29(2,42)30(32,33)34)24(37(3)19-8-9-38-20(10-19)15-43-28(38)41)12-21(23)27(40)39(16)14-17-4-6-18(31)7-5-17/h4-7,11-13,19-20,42H,8-10,14-15H2,1-3H3/t19-,20-,29+/m0/s1. The largest absolute Gasteiger partial charge is 0.447 e. The normalized spacial score (nSPS) is 20.0. The van der Waals surface area contributed by atoms with Crippen molar-refractivity contribution in [1.82, 2.24) is 19.4 Å². The van der Waals surface area contributed by atoms with Crippen LogP contribution in [0.1, 0.15) is 36.0 Å². The molecule has 0 bridgehead atoms. The Hall–Kier alpha value is -3.68. The number of thiazole rings is 1. The van der Waals surface area contributed by atoms with E-state index in [1.54, 1.807) is 40.7 Å². The first-order chi connectivity index (χ1) is 20.7. The number of hydrogen-bond donors (Lipinski definition) is 1. The van der Waals surface area contributed by atoms with Crippen LogP contribution in [0.2, 0.25) is 5.02 Å². The van der Waals surface area contributed by atoms with Gasteiger partial charge in [0.05, 0.1) is 28.4 Å². The van der Waals surface area contributed by atoms with E-state index in [2.05, 4.69) is 4.98 Å². The number of halogens is 4. The topological polar surface area (TPSA) is 101 Å². The second-order valence-electron chi connectivity index (χ2n) is 11.4. The molecule has 9 nitrogen and oxygen atoms in total. The molecule has 0 saturated carbocycles. The SMILES string of the molecule is Cc1nc2cc(-c3ncc([C@@](C)(O)C(F)(F)F)s3)c(N(C)[C@H]3CCN4C(=O)OC[C@@H]4C3)cc2c(=O)n1Cc1ccc(Cl)cc1. The van der Waals surface area contributed by atoms with E-state index in [-0.39, 0.29) is 46.8 Å². The minimum atomic E-state index is -4.90. The maximum absolute atomic E-state index is 13.9. The van der Waals surface area contributed by atoms with E-state index in [9.17, 15) is 27.9 Å². The number of alkyl halides is 3. The smallest absolute Gasteiger partial charge is 0.422 e. The highest BCUT2D eigenvalue weighted by atomic mass is 35.5. The maximum atomic E-state index is 13.9. The molecule has 2 aliphatic rings. The van der Waals surface area contributed by atoms with Gasteiger partial charge in [-0.25, -0.2) is 14.8 Å². The summed E-state index contributed by atoms with van der Waals surface area (Å²) in [6.07, 6.45) is -2.97. The molecule has 14 heteroatoms. The number of fused-ring (bicyclic) bond motifs is 2. The molecule has 2 aliphatic heterocycles. The van der Waals surface area contributed by atoms with Crippen LogP contribution in [-0.4, -0.2) is 69.1 Å². The summed E-state index contributed by atoms with van der Waals surface area (Å²) in [4.78, 5) is 38.3. The van der Waals surface area contributed by atoms with Crippen molar-refractivity contribution in [2.45, 2.75) is 57.1 Å². The molecule has 2 saturated heterocycles. The Morgan fingerprint density at radius 1 is 1.20 bits per heavy atom. The van der Waals surface area contributed by atoms with Gasteiger partial charge in [0, 0.05) is 42.1 Å². The predicted octanol–water partition coefficient (Wildman–Crippen LogP) is 5.72. The molecule has 4 heterocycles. The summed E-state index contributed by atoms with van der Waals surface area (Å²) in [7, 11) is 1.86. The molecule has 2 aromatic carbocycles. The summed E-state index contributed by atoms with van der Waals surface area (Å²) >= 11 is 6.77. The summed E-state index contributed by atoms with van der Waals surface area (Å²) < 4.78 is 47.8. The fourth-order valence-electron chi connectivity index (χ4n) is 5.78. The van der Waals surface area contributed by atoms with E-state index in [1.807, 2.05) is 24.1 Å². The monoisotopic (exact) mass is 647 g/mol. The average Bonchev–Trinajstić information content (AvgIpc) is 3.62. The van der Waals surface area contributed by atoms with Gasteiger partial charge in [-0.2, -0.15) is 13.2 Å². The van der Waals surface area contributed by atoms with Crippen LogP contribution in [0.25, 0.3) is 21.5 Å². The van der Waals surface area contributed by atoms with Crippen molar-refractivity contribution in [2.75, 3.05) is 25.1 Å². The molecule has 2 fully saturated rings. The van der Waals surface area contributed by atoms with Gasteiger partial charge in [0.2, 0.25) is 0 Å². The zero-order chi connectivity index (χ0) is 31.6. The van der Waals surface area contributed by atoms with Crippen molar-refractivity contribution in [3.8, 4) is 10.6 Å². The Morgan fingerprint density at radius 2 is 1.93 bits per heavy atom. The van der Waals surface area contributed by atoms with Gasteiger partial charge in [0.15, 0.2) is 5.60 Å². The van der Waals surface area contributed by atoms with Crippen molar-refractivity contribution in [3.05, 3.63) is 74.2 Å². The van der Waals surface area contributed by atoms with Gasteiger partial charge in [-0.3, -0.25) is 9.36 Å². The van der Waals surface area contributed by atoms with Gasteiger partial charge in [0.25, 0.3) is 5.56 Å². The summed E-state index contributed by atoms with van der Waals surface area (Å²) in [6.45, 7) is 3.47. The fourth-order valence-corrected chi connectivity index (χ4v) is 6.91. The number of ether oxygens (including phenoxy) is 1. The highest BCUT2D eigenvalue weighted by molar-refractivity contribution is 7.15. The third-order valence-corrected chi connectivity index (χ3v) is 10.0. The molecule has 232 valence electrons. The van der Waals surface area contributed by atoms with Crippen LogP contribution in [-0.2, 0) is 16.9 Å². The van der Waals surface area contributed by atoms with Gasteiger partial charge >= 0.3 is 12.3 Å². The van der Waals surface area contributed by atoms with Crippen molar-refractivity contribution < 1.29 is 27.8 Å². The summed E-state index contributed by atoms with van der Waals surface area (Å²) in [5.41, 5.74) is -1.06. The zero-order valence-corrected chi connectivity index (χ0v) is 25.6. The summed E-state index contributed by atoms with van der Waals surface area (Å²) in [6, 6.07) is 10.4. The molecule has 6 rings (SSSR count). The van der Waals surface area contributed by atoms with Crippen LogP contribution in [0.15, 0.2) is 47.4 Å². The first-order valence-corrected chi connectivity index (χ1v) is 15.2. The van der Waals surface area contributed by atoms with E-state index >= 15 is 0 Å². The lowest BCUT2D eigenvalue weighted by Gasteiger charge is -2.39. The van der Waals surface area contributed by atoms with E-state index < -0.39 is 11.8 Å². The number of rotatable bonds is 6. The number of piperidine rings is 1. The third-order valence-electron chi connectivity index (χ3n) is 8.53. The van der Waals surface area contributed by atoms with Crippen LogP contribution in [0.5, 0.6) is 0 Å². The number of carbonyl (C=O) groups excluding carboxylic acids is 1. The van der Waals surface area contributed by atoms with Crippen molar-refractivity contribution in [3.63, 3.8) is 0 Å². The molecule has 0 aliphatic carbocycles. The second kappa shape index (κ2) is 11.0. The van der Waals surface area contributed by atoms with Gasteiger partial charge < -0.3 is 19.6 Å². The maximum Gasteiger partial charge on any atom is 0.422 e.